The van der Waals surface area contributed by atoms with Crippen molar-refractivity contribution in [3.63, 3.8) is 0 Å². The van der Waals surface area contributed by atoms with Gasteiger partial charge in [-0.2, -0.15) is 5.10 Å². The van der Waals surface area contributed by atoms with Crippen molar-refractivity contribution < 1.29 is 14.7 Å². The van der Waals surface area contributed by atoms with E-state index in [2.05, 4.69) is 10.2 Å². The maximum absolute atomic E-state index is 12.7. The Labute approximate surface area is 128 Å². The SMILES string of the molecule is CCc1n[nH]c(=O)c(C(=O)N2CCC(C)(C(=O)O)C2)c1CC. The molecule has 2 rings (SSSR count). The minimum atomic E-state index is -0.949. The normalized spacial score (nSPS) is 21.1. The lowest BCUT2D eigenvalue weighted by atomic mass is 9.90. The van der Waals surface area contributed by atoms with E-state index >= 15 is 0 Å². The van der Waals surface area contributed by atoms with Crippen LogP contribution in [0.5, 0.6) is 0 Å². The molecule has 1 unspecified atom stereocenters. The van der Waals surface area contributed by atoms with Crippen LogP contribution in [-0.4, -0.2) is 45.2 Å². The zero-order valence-electron chi connectivity index (χ0n) is 13.1. The third-order valence-electron chi connectivity index (χ3n) is 4.35. The molecule has 22 heavy (non-hydrogen) atoms. The van der Waals surface area contributed by atoms with Gasteiger partial charge in [0.15, 0.2) is 0 Å². The molecule has 2 N–H and O–H groups in total. The van der Waals surface area contributed by atoms with Gasteiger partial charge in [-0.25, -0.2) is 5.10 Å². The van der Waals surface area contributed by atoms with Crippen LogP contribution in [0, 0.1) is 5.41 Å². The Bertz CT molecular complexity index is 667. The van der Waals surface area contributed by atoms with Crippen LogP contribution in [0.2, 0.25) is 0 Å². The van der Waals surface area contributed by atoms with E-state index in [-0.39, 0.29) is 12.1 Å². The van der Waals surface area contributed by atoms with Gasteiger partial charge in [0.1, 0.15) is 5.56 Å². The van der Waals surface area contributed by atoms with Crippen molar-refractivity contribution in [1.29, 1.82) is 0 Å². The number of hydrogen-bond donors (Lipinski definition) is 2. The van der Waals surface area contributed by atoms with E-state index in [0.717, 1.165) is 0 Å². The monoisotopic (exact) mass is 307 g/mol. The molecule has 0 bridgehead atoms. The van der Waals surface area contributed by atoms with E-state index < -0.39 is 22.9 Å². The number of amides is 1. The van der Waals surface area contributed by atoms with Crippen LogP contribution in [-0.2, 0) is 17.6 Å². The third-order valence-corrected chi connectivity index (χ3v) is 4.35. The molecule has 1 amide bonds. The molecule has 1 aromatic rings. The van der Waals surface area contributed by atoms with E-state index in [9.17, 15) is 19.5 Å². The van der Waals surface area contributed by atoms with Crippen LogP contribution < -0.4 is 5.56 Å². The Balaban J connectivity index is 2.39. The highest BCUT2D eigenvalue weighted by Gasteiger charge is 2.43. The summed E-state index contributed by atoms with van der Waals surface area (Å²) in [7, 11) is 0. The fraction of sp³-hybridized carbons (Fsp3) is 0.600. The van der Waals surface area contributed by atoms with Gasteiger partial charge in [-0.3, -0.25) is 14.4 Å². The average Bonchev–Trinajstić information content (AvgIpc) is 2.90. The minimum absolute atomic E-state index is 0.101. The van der Waals surface area contributed by atoms with E-state index in [1.54, 1.807) is 6.92 Å². The topological polar surface area (TPSA) is 103 Å². The summed E-state index contributed by atoms with van der Waals surface area (Å²) >= 11 is 0. The Morgan fingerprint density at radius 1 is 1.36 bits per heavy atom. The first-order chi connectivity index (χ1) is 10.3. The van der Waals surface area contributed by atoms with Crippen molar-refractivity contribution >= 4 is 11.9 Å². The summed E-state index contributed by atoms with van der Waals surface area (Å²) in [5, 5.41) is 15.6. The zero-order valence-corrected chi connectivity index (χ0v) is 13.1. The molecule has 1 atom stereocenters. The number of rotatable bonds is 4. The van der Waals surface area contributed by atoms with Crippen LogP contribution in [0.1, 0.15) is 48.8 Å². The number of likely N-dealkylation sites (tertiary alicyclic amines) is 1. The fourth-order valence-electron chi connectivity index (χ4n) is 2.89. The highest BCUT2D eigenvalue weighted by molar-refractivity contribution is 5.96. The van der Waals surface area contributed by atoms with E-state index in [0.29, 0.717) is 37.1 Å². The molecule has 1 aliphatic heterocycles. The number of aliphatic carboxylic acids is 1. The summed E-state index contributed by atoms with van der Waals surface area (Å²) in [6, 6.07) is 0. The number of H-pyrrole nitrogens is 1. The zero-order chi connectivity index (χ0) is 16.5. The van der Waals surface area contributed by atoms with Crippen LogP contribution in [0.25, 0.3) is 0 Å². The molecular weight excluding hydrogens is 286 g/mol. The van der Waals surface area contributed by atoms with Crippen molar-refractivity contribution in [3.05, 3.63) is 27.2 Å². The third kappa shape index (κ3) is 2.63. The van der Waals surface area contributed by atoms with Crippen LogP contribution in [0.3, 0.4) is 0 Å². The van der Waals surface area contributed by atoms with Crippen LogP contribution in [0.4, 0.5) is 0 Å². The number of carbonyl (C=O) groups is 2. The van der Waals surface area contributed by atoms with Gasteiger partial charge in [-0.05, 0) is 31.7 Å². The second-order valence-electron chi connectivity index (χ2n) is 5.90. The first-order valence-corrected chi connectivity index (χ1v) is 7.47. The van der Waals surface area contributed by atoms with Gasteiger partial charge in [0.05, 0.1) is 11.1 Å². The lowest BCUT2D eigenvalue weighted by Gasteiger charge is -2.21. The Hall–Kier alpha value is -2.18. The number of carboxylic acids is 1. The van der Waals surface area contributed by atoms with E-state index in [1.165, 1.54) is 4.90 Å². The van der Waals surface area contributed by atoms with Gasteiger partial charge < -0.3 is 10.0 Å². The van der Waals surface area contributed by atoms with Gasteiger partial charge >= 0.3 is 5.97 Å². The lowest BCUT2D eigenvalue weighted by Crippen LogP contribution is -2.38. The number of carboxylic acid groups (broad SMARTS) is 1. The molecule has 2 heterocycles. The maximum Gasteiger partial charge on any atom is 0.311 e. The van der Waals surface area contributed by atoms with Crippen molar-refractivity contribution in [2.45, 2.75) is 40.0 Å². The molecule has 0 spiro atoms. The lowest BCUT2D eigenvalue weighted by molar-refractivity contribution is -0.147. The number of nitrogens with one attached hydrogen (secondary N) is 1. The molecular formula is C15H21N3O4. The Kier molecular flexibility index (Phi) is 4.35. The largest absolute Gasteiger partial charge is 0.481 e. The Morgan fingerprint density at radius 2 is 2.05 bits per heavy atom. The standard InChI is InChI=1S/C15H21N3O4/c1-4-9-10(5-2)16-17-12(19)11(9)13(20)18-7-6-15(3,8-18)14(21)22/h4-8H2,1-3H3,(H,17,19)(H,21,22). The summed E-state index contributed by atoms with van der Waals surface area (Å²) in [6.07, 6.45) is 1.54. The van der Waals surface area contributed by atoms with Crippen molar-refractivity contribution in [1.82, 2.24) is 15.1 Å². The molecule has 0 radical (unpaired) electrons. The van der Waals surface area contributed by atoms with Crippen LogP contribution >= 0.6 is 0 Å². The number of nitrogens with zero attached hydrogens (tertiary/aromatic N) is 2. The van der Waals surface area contributed by atoms with Crippen molar-refractivity contribution in [2.24, 2.45) is 5.41 Å². The second kappa shape index (κ2) is 5.90. The van der Waals surface area contributed by atoms with Crippen molar-refractivity contribution in [2.75, 3.05) is 13.1 Å². The highest BCUT2D eigenvalue weighted by Crippen LogP contribution is 2.31. The average molecular weight is 307 g/mol. The second-order valence-corrected chi connectivity index (χ2v) is 5.90. The molecule has 1 aliphatic rings. The molecule has 7 nitrogen and oxygen atoms in total. The summed E-state index contributed by atoms with van der Waals surface area (Å²) in [4.78, 5) is 37.5. The molecule has 7 heteroatoms. The fourth-order valence-corrected chi connectivity index (χ4v) is 2.89. The van der Waals surface area contributed by atoms with E-state index in [4.69, 9.17) is 0 Å². The summed E-state index contributed by atoms with van der Waals surface area (Å²) in [5.41, 5.74) is -0.00660. The number of carbonyl (C=O) groups excluding carboxylic acids is 1. The van der Waals surface area contributed by atoms with Gasteiger partial charge in [0.2, 0.25) is 0 Å². The number of aromatic amines is 1. The predicted octanol–water partition coefficient (Wildman–Crippen LogP) is 0.831. The number of aryl methyl sites for hydroxylation is 1. The molecule has 1 saturated heterocycles. The minimum Gasteiger partial charge on any atom is -0.481 e. The molecule has 0 saturated carbocycles. The van der Waals surface area contributed by atoms with Crippen molar-refractivity contribution in [3.8, 4) is 0 Å². The number of hydrogen-bond acceptors (Lipinski definition) is 4. The molecule has 1 aromatic heterocycles. The van der Waals surface area contributed by atoms with Gasteiger partial charge in [0.25, 0.3) is 11.5 Å². The van der Waals surface area contributed by atoms with Gasteiger partial charge in [0, 0.05) is 13.1 Å². The van der Waals surface area contributed by atoms with Gasteiger partial charge in [-0.1, -0.05) is 13.8 Å². The van der Waals surface area contributed by atoms with Gasteiger partial charge in [-0.15, -0.1) is 0 Å². The molecule has 1 fully saturated rings. The summed E-state index contributed by atoms with van der Waals surface area (Å²) in [6.45, 7) is 5.86. The highest BCUT2D eigenvalue weighted by atomic mass is 16.4. The molecule has 120 valence electrons. The van der Waals surface area contributed by atoms with E-state index in [1.807, 2.05) is 13.8 Å². The first-order valence-electron chi connectivity index (χ1n) is 7.47. The summed E-state index contributed by atoms with van der Waals surface area (Å²) in [5.74, 6) is -1.32. The predicted molar refractivity (Wildman–Crippen MR) is 79.9 cm³/mol. The number of aromatic nitrogens is 2. The maximum atomic E-state index is 12.7. The smallest absolute Gasteiger partial charge is 0.311 e. The summed E-state index contributed by atoms with van der Waals surface area (Å²) < 4.78 is 0. The molecule has 0 aromatic carbocycles. The first kappa shape index (κ1) is 16.2. The molecule has 0 aliphatic carbocycles. The Morgan fingerprint density at radius 3 is 2.55 bits per heavy atom. The van der Waals surface area contributed by atoms with Crippen LogP contribution in [0.15, 0.2) is 4.79 Å². The quantitative estimate of drug-likeness (QED) is 0.857.